The van der Waals surface area contributed by atoms with Crippen molar-refractivity contribution in [3.05, 3.63) is 84.2 Å². The molecule has 0 aliphatic rings. The number of hydrogen-bond donors (Lipinski definition) is 1. The lowest BCUT2D eigenvalue weighted by Gasteiger charge is -2.17. The van der Waals surface area contributed by atoms with E-state index in [0.29, 0.717) is 6.42 Å². The van der Waals surface area contributed by atoms with Gasteiger partial charge in [0, 0.05) is 17.1 Å². The molecule has 0 amide bonds. The maximum absolute atomic E-state index is 11.1. The van der Waals surface area contributed by atoms with Crippen LogP contribution in [0.4, 0.5) is 0 Å². The van der Waals surface area contributed by atoms with Gasteiger partial charge in [0.2, 0.25) is 0 Å². The number of aliphatic hydroxyl groups is 1. The molecule has 0 radical (unpaired) electrons. The van der Waals surface area contributed by atoms with Gasteiger partial charge in [-0.2, -0.15) is 0 Å². The van der Waals surface area contributed by atoms with Gasteiger partial charge in [0.25, 0.3) is 0 Å². The third-order valence-electron chi connectivity index (χ3n) is 5.01. The van der Waals surface area contributed by atoms with E-state index in [4.69, 9.17) is 0 Å². The predicted molar refractivity (Wildman–Crippen MR) is 111 cm³/mol. The number of aliphatic hydroxyl groups excluding tert-OH is 1. The quantitative estimate of drug-likeness (QED) is 0.488. The highest BCUT2D eigenvalue weighted by atomic mass is 16.3. The monoisotopic (exact) mass is 356 g/mol. The zero-order valence-electron chi connectivity index (χ0n) is 15.8. The molecule has 0 aliphatic heterocycles. The van der Waals surface area contributed by atoms with Crippen LogP contribution < -0.4 is 0 Å². The van der Waals surface area contributed by atoms with Gasteiger partial charge in [0.15, 0.2) is 0 Å². The molecule has 4 aromatic rings. The Kier molecular flexibility index (Phi) is 4.78. The van der Waals surface area contributed by atoms with Crippen LogP contribution in [0, 0.1) is 6.92 Å². The van der Waals surface area contributed by atoms with Gasteiger partial charge in [0.05, 0.1) is 17.3 Å². The lowest BCUT2D eigenvalue weighted by molar-refractivity contribution is 0.161. The molecular formula is C24H24N2O. The highest BCUT2D eigenvalue weighted by molar-refractivity contribution is 5.99. The van der Waals surface area contributed by atoms with Crippen molar-refractivity contribution in [3.8, 4) is 16.9 Å². The molecule has 0 saturated carbocycles. The van der Waals surface area contributed by atoms with Gasteiger partial charge in [-0.15, -0.1) is 0 Å². The third-order valence-corrected chi connectivity index (χ3v) is 5.01. The number of aryl methyl sites for hydroxylation is 1. The summed E-state index contributed by atoms with van der Waals surface area (Å²) in [5.74, 6) is 0.831. The first-order valence-electron chi connectivity index (χ1n) is 9.50. The van der Waals surface area contributed by atoms with Crippen molar-refractivity contribution in [2.75, 3.05) is 0 Å². The Morgan fingerprint density at radius 3 is 2.41 bits per heavy atom. The molecule has 2 heterocycles. The number of pyridine rings is 1. The van der Waals surface area contributed by atoms with Crippen molar-refractivity contribution in [2.45, 2.75) is 32.8 Å². The Bertz CT molecular complexity index is 1050. The summed E-state index contributed by atoms with van der Waals surface area (Å²) in [7, 11) is 0. The van der Waals surface area contributed by atoms with Crippen LogP contribution in [0.25, 0.3) is 27.8 Å². The van der Waals surface area contributed by atoms with Gasteiger partial charge in [-0.3, -0.25) is 4.57 Å². The van der Waals surface area contributed by atoms with E-state index in [9.17, 15) is 5.11 Å². The molecule has 4 rings (SSSR count). The standard InChI is InChI=1S/C24H24N2O/c1-3-8-21(27)24-23(18-14-12-17(2)13-15-18)19-9-4-5-10-20(19)26(24)22-11-6-7-16-25-22/h4-7,9-16,21,27H,3,8H2,1-2H3. The van der Waals surface area contributed by atoms with Gasteiger partial charge >= 0.3 is 0 Å². The molecule has 0 spiro atoms. The van der Waals surface area contributed by atoms with Crippen molar-refractivity contribution >= 4 is 10.9 Å². The SMILES string of the molecule is CCCC(O)c1c(-c2ccc(C)cc2)c2ccccc2n1-c1ccccn1. The molecule has 3 heteroatoms. The number of hydrogen-bond acceptors (Lipinski definition) is 2. The number of fused-ring (bicyclic) bond motifs is 1. The largest absolute Gasteiger partial charge is 0.387 e. The topological polar surface area (TPSA) is 38.0 Å². The van der Waals surface area contributed by atoms with E-state index in [2.05, 4.69) is 65.9 Å². The highest BCUT2D eigenvalue weighted by Crippen LogP contribution is 2.40. The van der Waals surface area contributed by atoms with Crippen LogP contribution in [0.3, 0.4) is 0 Å². The minimum Gasteiger partial charge on any atom is -0.387 e. The van der Waals surface area contributed by atoms with Crippen LogP contribution in [0.1, 0.15) is 37.1 Å². The molecule has 1 unspecified atom stereocenters. The van der Waals surface area contributed by atoms with Gasteiger partial charge in [-0.1, -0.05) is 67.4 Å². The summed E-state index contributed by atoms with van der Waals surface area (Å²) in [4.78, 5) is 4.58. The third kappa shape index (κ3) is 3.15. The fourth-order valence-corrected chi connectivity index (χ4v) is 3.74. The second-order valence-electron chi connectivity index (χ2n) is 6.97. The van der Waals surface area contributed by atoms with Crippen LogP contribution in [0.15, 0.2) is 72.9 Å². The van der Waals surface area contributed by atoms with Gasteiger partial charge in [-0.25, -0.2) is 4.98 Å². The second-order valence-corrected chi connectivity index (χ2v) is 6.97. The number of para-hydroxylation sites is 1. The summed E-state index contributed by atoms with van der Waals surface area (Å²) >= 11 is 0. The van der Waals surface area contributed by atoms with Crippen LogP contribution in [0.2, 0.25) is 0 Å². The molecule has 0 aliphatic carbocycles. The smallest absolute Gasteiger partial charge is 0.137 e. The molecule has 1 atom stereocenters. The molecule has 0 fully saturated rings. The first-order valence-corrected chi connectivity index (χ1v) is 9.50. The number of benzene rings is 2. The number of aromatic nitrogens is 2. The second kappa shape index (κ2) is 7.37. The lowest BCUT2D eigenvalue weighted by Crippen LogP contribution is -2.08. The maximum atomic E-state index is 11.1. The Morgan fingerprint density at radius 1 is 0.963 bits per heavy atom. The van der Waals surface area contributed by atoms with E-state index in [0.717, 1.165) is 40.0 Å². The van der Waals surface area contributed by atoms with E-state index in [1.807, 2.05) is 24.3 Å². The molecule has 2 aromatic heterocycles. The van der Waals surface area contributed by atoms with E-state index in [1.165, 1.54) is 5.56 Å². The zero-order valence-corrected chi connectivity index (χ0v) is 15.8. The van der Waals surface area contributed by atoms with Gasteiger partial charge < -0.3 is 5.11 Å². The fraction of sp³-hybridized carbons (Fsp3) is 0.208. The van der Waals surface area contributed by atoms with Crippen molar-refractivity contribution in [1.29, 1.82) is 0 Å². The normalized spacial score (nSPS) is 12.4. The number of rotatable bonds is 5. The summed E-state index contributed by atoms with van der Waals surface area (Å²) in [5.41, 5.74) is 5.43. The molecule has 1 N–H and O–H groups in total. The van der Waals surface area contributed by atoms with Crippen molar-refractivity contribution < 1.29 is 5.11 Å². The van der Waals surface area contributed by atoms with E-state index < -0.39 is 6.10 Å². The van der Waals surface area contributed by atoms with E-state index in [1.54, 1.807) is 6.20 Å². The summed E-state index contributed by atoms with van der Waals surface area (Å²) in [6.45, 7) is 4.19. The van der Waals surface area contributed by atoms with Crippen LogP contribution in [-0.2, 0) is 0 Å². The average Bonchev–Trinajstić information content (AvgIpc) is 3.05. The first kappa shape index (κ1) is 17.5. The van der Waals surface area contributed by atoms with Crippen molar-refractivity contribution in [3.63, 3.8) is 0 Å². The summed E-state index contributed by atoms with van der Waals surface area (Å²) in [6.07, 6.45) is 2.87. The Labute approximate surface area is 159 Å². The molecule has 3 nitrogen and oxygen atoms in total. The summed E-state index contributed by atoms with van der Waals surface area (Å²) < 4.78 is 2.12. The number of nitrogens with zero attached hydrogens (tertiary/aromatic N) is 2. The predicted octanol–water partition coefficient (Wildman–Crippen LogP) is 5.83. The van der Waals surface area contributed by atoms with Crippen molar-refractivity contribution in [2.24, 2.45) is 0 Å². The van der Waals surface area contributed by atoms with E-state index in [-0.39, 0.29) is 0 Å². The maximum Gasteiger partial charge on any atom is 0.137 e. The molecule has 0 bridgehead atoms. The minimum atomic E-state index is -0.555. The van der Waals surface area contributed by atoms with E-state index >= 15 is 0 Å². The zero-order chi connectivity index (χ0) is 18.8. The van der Waals surface area contributed by atoms with Crippen molar-refractivity contribution in [1.82, 2.24) is 9.55 Å². The molecular weight excluding hydrogens is 332 g/mol. The van der Waals surface area contributed by atoms with Gasteiger partial charge in [0.1, 0.15) is 5.82 Å². The lowest BCUT2D eigenvalue weighted by atomic mass is 9.97. The molecule has 27 heavy (non-hydrogen) atoms. The summed E-state index contributed by atoms with van der Waals surface area (Å²) in [6, 6.07) is 22.7. The Hall–Kier alpha value is -2.91. The Balaban J connectivity index is 2.09. The molecule has 2 aromatic carbocycles. The van der Waals surface area contributed by atoms with Crippen LogP contribution in [-0.4, -0.2) is 14.7 Å². The molecule has 0 saturated heterocycles. The average molecular weight is 356 g/mol. The van der Waals surface area contributed by atoms with Crippen LogP contribution in [0.5, 0.6) is 0 Å². The fourth-order valence-electron chi connectivity index (χ4n) is 3.74. The summed E-state index contributed by atoms with van der Waals surface area (Å²) in [5, 5.41) is 12.2. The minimum absolute atomic E-state index is 0.555. The van der Waals surface area contributed by atoms with Crippen LogP contribution >= 0.6 is 0 Å². The van der Waals surface area contributed by atoms with Gasteiger partial charge in [-0.05, 0) is 37.1 Å². The Morgan fingerprint density at radius 2 is 1.70 bits per heavy atom. The molecule has 136 valence electrons. The highest BCUT2D eigenvalue weighted by Gasteiger charge is 2.24. The first-order chi connectivity index (χ1) is 13.2.